The molecule has 10 heteroatoms. The Morgan fingerprint density at radius 3 is 2.53 bits per heavy atom. The number of halogens is 1. The number of hydrogen-bond acceptors (Lipinski definition) is 6. The van der Waals surface area contributed by atoms with Crippen LogP contribution in [-0.4, -0.2) is 39.3 Å². The van der Waals surface area contributed by atoms with Gasteiger partial charge < -0.3 is 15.0 Å². The Hall–Kier alpha value is -4.44. The maximum absolute atomic E-state index is 14.7. The Morgan fingerprint density at radius 2 is 1.78 bits per heavy atom. The van der Waals surface area contributed by atoms with Crippen molar-refractivity contribution in [2.75, 3.05) is 18.2 Å². The lowest BCUT2D eigenvalue weighted by Gasteiger charge is -2.13. The minimum absolute atomic E-state index is 0.0388. The average Bonchev–Trinajstić information content (AvgIpc) is 3.27. The van der Waals surface area contributed by atoms with E-state index in [1.54, 1.807) is 18.2 Å². The maximum atomic E-state index is 14.7. The summed E-state index contributed by atoms with van der Waals surface area (Å²) >= 11 is 1.02. The van der Waals surface area contributed by atoms with Crippen LogP contribution in [0.1, 0.15) is 10.4 Å². The first kappa shape index (κ1) is 23.3. The molecule has 5 aromatic rings. The number of amides is 1. The normalized spacial score (nSPS) is 11.1. The van der Waals surface area contributed by atoms with E-state index < -0.39 is 17.3 Å². The van der Waals surface area contributed by atoms with Crippen LogP contribution in [0.2, 0.25) is 0 Å². The Labute approximate surface area is 208 Å². The van der Waals surface area contributed by atoms with Gasteiger partial charge in [0.2, 0.25) is 5.91 Å². The van der Waals surface area contributed by atoms with Crippen LogP contribution in [0, 0.1) is 5.82 Å². The molecule has 8 nitrogen and oxygen atoms in total. The fourth-order valence-electron chi connectivity index (χ4n) is 3.82. The van der Waals surface area contributed by atoms with Crippen LogP contribution in [0.5, 0.6) is 0 Å². The summed E-state index contributed by atoms with van der Waals surface area (Å²) < 4.78 is 20.6. The molecule has 36 heavy (non-hydrogen) atoms. The van der Waals surface area contributed by atoms with Crippen molar-refractivity contribution >= 4 is 51.3 Å². The van der Waals surface area contributed by atoms with Crippen molar-refractivity contribution in [1.82, 2.24) is 14.5 Å². The number of carbonyl (C=O) groups excluding carboxylic acids is 2. The zero-order chi connectivity index (χ0) is 25.2. The van der Waals surface area contributed by atoms with Crippen LogP contribution >= 0.6 is 11.8 Å². The number of aromatic nitrogens is 3. The third kappa shape index (κ3) is 4.34. The van der Waals surface area contributed by atoms with Crippen molar-refractivity contribution in [2.24, 2.45) is 0 Å². The molecule has 0 aliphatic rings. The maximum Gasteiger partial charge on any atom is 0.337 e. The van der Waals surface area contributed by atoms with Gasteiger partial charge >= 0.3 is 5.97 Å². The number of aromatic amines is 1. The van der Waals surface area contributed by atoms with Gasteiger partial charge in [-0.15, -0.1) is 0 Å². The third-order valence-electron chi connectivity index (χ3n) is 5.51. The molecule has 0 bridgehead atoms. The van der Waals surface area contributed by atoms with Gasteiger partial charge in [-0.2, -0.15) is 0 Å². The third-order valence-corrected chi connectivity index (χ3v) is 6.45. The number of esters is 1. The second-order valence-electron chi connectivity index (χ2n) is 7.79. The van der Waals surface area contributed by atoms with Crippen molar-refractivity contribution in [2.45, 2.75) is 5.16 Å². The number of nitrogens with zero attached hydrogens (tertiary/aromatic N) is 2. The van der Waals surface area contributed by atoms with Crippen molar-refractivity contribution in [3.63, 3.8) is 0 Å². The first-order valence-corrected chi connectivity index (χ1v) is 11.8. The fraction of sp³-hybridized carbons (Fsp3) is 0.0769. The van der Waals surface area contributed by atoms with Gasteiger partial charge in [0, 0.05) is 16.6 Å². The number of thioether (sulfide) groups is 1. The van der Waals surface area contributed by atoms with Crippen molar-refractivity contribution in [1.29, 1.82) is 0 Å². The highest BCUT2D eigenvalue weighted by Gasteiger charge is 2.20. The van der Waals surface area contributed by atoms with Gasteiger partial charge in [0.05, 0.1) is 24.1 Å². The number of nitrogens with one attached hydrogen (secondary N) is 2. The van der Waals surface area contributed by atoms with E-state index in [0.717, 1.165) is 22.7 Å². The lowest BCUT2D eigenvalue weighted by Crippen LogP contribution is -2.23. The summed E-state index contributed by atoms with van der Waals surface area (Å²) in [5, 5.41) is 3.67. The quantitative estimate of drug-likeness (QED) is 0.201. The second-order valence-corrected chi connectivity index (χ2v) is 8.73. The smallest absolute Gasteiger partial charge is 0.337 e. The van der Waals surface area contributed by atoms with E-state index in [1.807, 2.05) is 24.3 Å². The van der Waals surface area contributed by atoms with Gasteiger partial charge in [-0.3, -0.25) is 14.2 Å². The SMILES string of the molecule is COC(=O)c1ccc(NC(=O)CSc2nc3c([nH]c4ccccc43)c(=O)n2-c2ccccc2F)cc1. The van der Waals surface area contributed by atoms with E-state index in [2.05, 4.69) is 20.0 Å². The van der Waals surface area contributed by atoms with Crippen LogP contribution < -0.4 is 10.9 Å². The van der Waals surface area contributed by atoms with E-state index in [4.69, 9.17) is 0 Å². The zero-order valence-electron chi connectivity index (χ0n) is 18.9. The van der Waals surface area contributed by atoms with Crippen LogP contribution in [0.15, 0.2) is 82.7 Å². The highest BCUT2D eigenvalue weighted by molar-refractivity contribution is 7.99. The number of benzene rings is 3. The number of para-hydroxylation sites is 2. The van der Waals surface area contributed by atoms with Crippen LogP contribution in [-0.2, 0) is 9.53 Å². The van der Waals surface area contributed by atoms with Gasteiger partial charge in [0.15, 0.2) is 5.16 Å². The number of H-pyrrole nitrogens is 1. The molecule has 0 unspecified atom stereocenters. The summed E-state index contributed by atoms with van der Waals surface area (Å²) in [7, 11) is 1.29. The lowest BCUT2D eigenvalue weighted by molar-refractivity contribution is -0.113. The Balaban J connectivity index is 1.48. The van der Waals surface area contributed by atoms with Crippen molar-refractivity contribution in [3.8, 4) is 5.69 Å². The average molecular weight is 503 g/mol. The molecule has 2 aromatic heterocycles. The molecule has 0 atom stereocenters. The summed E-state index contributed by atoms with van der Waals surface area (Å²) in [5.74, 6) is -1.52. The largest absolute Gasteiger partial charge is 0.465 e. The Bertz CT molecular complexity index is 1680. The number of rotatable bonds is 6. The molecule has 0 aliphatic heterocycles. The molecule has 1 amide bonds. The van der Waals surface area contributed by atoms with E-state index in [-0.39, 0.29) is 28.0 Å². The second kappa shape index (κ2) is 9.67. The summed E-state index contributed by atoms with van der Waals surface area (Å²) in [5.41, 5.74) is 1.84. The Kier molecular flexibility index (Phi) is 6.26. The first-order chi connectivity index (χ1) is 17.5. The fourth-order valence-corrected chi connectivity index (χ4v) is 4.62. The number of fused-ring (bicyclic) bond motifs is 3. The molecule has 2 heterocycles. The molecule has 0 saturated heterocycles. The summed E-state index contributed by atoms with van der Waals surface area (Å²) in [4.78, 5) is 45.5. The number of hydrogen-bond donors (Lipinski definition) is 2. The molecule has 0 saturated carbocycles. The Morgan fingerprint density at radius 1 is 1.06 bits per heavy atom. The highest BCUT2D eigenvalue weighted by Crippen LogP contribution is 2.27. The molecular formula is C26H19FN4O4S. The number of ether oxygens (including phenoxy) is 1. The van der Waals surface area contributed by atoms with Crippen LogP contribution in [0.25, 0.3) is 27.6 Å². The standard InChI is InChI=1S/C26H19FN4O4S/c1-35-25(34)15-10-12-16(13-11-15)28-21(32)14-36-26-30-22-17-6-2-4-8-19(17)29-23(22)24(33)31(26)20-9-5-3-7-18(20)27/h2-13,29H,14H2,1H3,(H,28,32). The summed E-state index contributed by atoms with van der Waals surface area (Å²) in [6.07, 6.45) is 0. The number of anilines is 1. The van der Waals surface area contributed by atoms with E-state index in [9.17, 15) is 18.8 Å². The highest BCUT2D eigenvalue weighted by atomic mass is 32.2. The van der Waals surface area contributed by atoms with E-state index in [1.165, 1.54) is 42.0 Å². The first-order valence-electron chi connectivity index (χ1n) is 10.9. The molecule has 0 fully saturated rings. The molecule has 0 aliphatic carbocycles. The molecule has 0 spiro atoms. The molecule has 3 aromatic carbocycles. The van der Waals surface area contributed by atoms with Crippen molar-refractivity contribution < 1.29 is 18.7 Å². The monoisotopic (exact) mass is 502 g/mol. The molecule has 5 rings (SSSR count). The van der Waals surface area contributed by atoms with Gasteiger partial charge in [-0.25, -0.2) is 14.2 Å². The lowest BCUT2D eigenvalue weighted by atomic mass is 10.2. The van der Waals surface area contributed by atoms with Gasteiger partial charge in [-0.1, -0.05) is 42.1 Å². The van der Waals surface area contributed by atoms with Crippen LogP contribution in [0.4, 0.5) is 10.1 Å². The molecule has 0 radical (unpaired) electrons. The molecule has 2 N–H and O–H groups in total. The summed E-state index contributed by atoms with van der Waals surface area (Å²) in [6, 6.07) is 19.5. The number of carbonyl (C=O) groups is 2. The van der Waals surface area contributed by atoms with E-state index in [0.29, 0.717) is 16.8 Å². The van der Waals surface area contributed by atoms with Gasteiger partial charge in [-0.05, 0) is 42.5 Å². The van der Waals surface area contributed by atoms with Gasteiger partial charge in [0.25, 0.3) is 5.56 Å². The van der Waals surface area contributed by atoms with Crippen LogP contribution in [0.3, 0.4) is 0 Å². The molecular weight excluding hydrogens is 483 g/mol. The minimum Gasteiger partial charge on any atom is -0.465 e. The predicted octanol–water partition coefficient (Wildman–Crippen LogP) is 4.52. The van der Waals surface area contributed by atoms with Gasteiger partial charge in [0.1, 0.15) is 16.9 Å². The minimum atomic E-state index is -0.589. The van der Waals surface area contributed by atoms with E-state index >= 15 is 0 Å². The summed E-state index contributed by atoms with van der Waals surface area (Å²) in [6.45, 7) is 0. The molecule has 180 valence electrons. The topological polar surface area (TPSA) is 106 Å². The van der Waals surface area contributed by atoms with Crippen molar-refractivity contribution in [3.05, 3.63) is 94.5 Å². The zero-order valence-corrected chi connectivity index (χ0v) is 19.8. The number of methoxy groups -OCH3 is 1. The predicted molar refractivity (Wildman–Crippen MR) is 136 cm³/mol.